The number of imide groups is 2. The molecular formula is C32H33F3N6O6. The highest BCUT2D eigenvalue weighted by Gasteiger charge is 2.52. The number of hydrogen-bond donors (Lipinski definition) is 4. The number of nitrogens with one attached hydrogen (secondary N) is 2. The van der Waals surface area contributed by atoms with Crippen LogP contribution in [0.2, 0.25) is 0 Å². The number of benzene rings is 2. The van der Waals surface area contributed by atoms with Crippen LogP contribution in [0.1, 0.15) is 69.5 Å². The number of unbranched alkanes of at least 4 members (excludes halogenated alkanes) is 3. The molecule has 12 nitrogen and oxygen atoms in total. The predicted octanol–water partition coefficient (Wildman–Crippen LogP) is 5.14. The number of halogens is 3. The molecule has 2 saturated heterocycles. The quantitative estimate of drug-likeness (QED) is 0.132. The van der Waals surface area contributed by atoms with E-state index in [1.54, 1.807) is 18.2 Å². The second-order valence-electron chi connectivity index (χ2n) is 12.0. The molecule has 0 spiro atoms. The fraction of sp³-hybridized carbons (Fsp3) is 0.406. The fourth-order valence-corrected chi connectivity index (χ4v) is 6.11. The Morgan fingerprint density at radius 3 is 2.45 bits per heavy atom. The molecule has 2 fully saturated rings. The SMILES string of the molecule is CC1(C)C(=O)N(c2ccc(C#N)c(C(F)(F)F)c2)C(=O)N1CCCCCCNc1cccc2c(O)n(C3CCC(=O)NC3=O)c(O)c12. The van der Waals surface area contributed by atoms with Crippen molar-refractivity contribution in [3.8, 4) is 17.8 Å². The lowest BCUT2D eigenvalue weighted by molar-refractivity contribution is -0.138. The molecule has 1 atom stereocenters. The third-order valence-electron chi connectivity index (χ3n) is 8.64. The summed E-state index contributed by atoms with van der Waals surface area (Å²) in [6.07, 6.45) is -2.02. The van der Waals surface area contributed by atoms with Gasteiger partial charge in [-0.05, 0) is 63.4 Å². The molecule has 2 aliphatic rings. The Morgan fingerprint density at radius 2 is 1.77 bits per heavy atom. The highest BCUT2D eigenvalue weighted by Crippen LogP contribution is 2.44. The maximum Gasteiger partial charge on any atom is 0.417 e. The summed E-state index contributed by atoms with van der Waals surface area (Å²) in [6.45, 7) is 3.76. The van der Waals surface area contributed by atoms with E-state index in [9.17, 15) is 42.6 Å². The van der Waals surface area contributed by atoms with Crippen molar-refractivity contribution in [3.63, 3.8) is 0 Å². The average molecular weight is 655 g/mol. The van der Waals surface area contributed by atoms with E-state index in [0.29, 0.717) is 48.3 Å². The number of aromatic hydroxyl groups is 2. The molecular weight excluding hydrogens is 621 g/mol. The third-order valence-corrected chi connectivity index (χ3v) is 8.64. The Balaban J connectivity index is 1.17. The Hall–Kier alpha value is -5.26. The number of piperidine rings is 1. The van der Waals surface area contributed by atoms with E-state index in [4.69, 9.17) is 5.26 Å². The van der Waals surface area contributed by atoms with E-state index in [2.05, 4.69) is 10.6 Å². The molecule has 47 heavy (non-hydrogen) atoms. The monoisotopic (exact) mass is 654 g/mol. The standard InChI is InChI=1S/C32H33F3N6O6/c1-31(2)29(46)40(19-11-10-18(17-36)21(16-19)32(33,34)35)30(47)39(31)15-6-4-3-5-14-37-22-9-7-8-20-25(22)28(45)41(27(20)44)23-12-13-24(42)38-26(23)43/h7-11,16,23,37,44-45H,3-6,12-15H2,1-2H3,(H,38,42,43). The number of aromatic nitrogens is 1. The van der Waals surface area contributed by atoms with Gasteiger partial charge < -0.3 is 20.4 Å². The second-order valence-corrected chi connectivity index (χ2v) is 12.0. The lowest BCUT2D eigenvalue weighted by atomic mass is 10.0. The Morgan fingerprint density at radius 1 is 1.04 bits per heavy atom. The maximum atomic E-state index is 13.5. The van der Waals surface area contributed by atoms with E-state index in [0.717, 1.165) is 28.0 Å². The molecule has 3 aromatic rings. The minimum absolute atomic E-state index is 0.0762. The number of nitrogens with zero attached hydrogens (tertiary/aromatic N) is 4. The summed E-state index contributed by atoms with van der Waals surface area (Å²) >= 11 is 0. The van der Waals surface area contributed by atoms with E-state index in [1.165, 1.54) is 24.8 Å². The zero-order valence-electron chi connectivity index (χ0n) is 25.6. The second kappa shape index (κ2) is 12.5. The highest BCUT2D eigenvalue weighted by atomic mass is 19.4. The van der Waals surface area contributed by atoms with Crippen molar-refractivity contribution in [2.45, 2.75) is 70.1 Å². The van der Waals surface area contributed by atoms with Crippen molar-refractivity contribution in [1.82, 2.24) is 14.8 Å². The van der Waals surface area contributed by atoms with Gasteiger partial charge in [0.1, 0.15) is 11.6 Å². The number of amides is 5. The van der Waals surface area contributed by atoms with Crippen LogP contribution in [0.25, 0.3) is 10.8 Å². The lowest BCUT2D eigenvalue weighted by Crippen LogP contribution is -2.44. The first-order valence-electron chi connectivity index (χ1n) is 15.1. The molecule has 15 heteroatoms. The van der Waals surface area contributed by atoms with Crippen LogP contribution in [-0.2, 0) is 20.6 Å². The topological polar surface area (TPSA) is 168 Å². The van der Waals surface area contributed by atoms with Crippen molar-refractivity contribution >= 4 is 45.9 Å². The van der Waals surface area contributed by atoms with E-state index in [1.807, 2.05) is 0 Å². The van der Waals surface area contributed by atoms with Crippen molar-refractivity contribution in [2.24, 2.45) is 0 Å². The molecule has 0 saturated carbocycles. The first-order valence-corrected chi connectivity index (χ1v) is 15.1. The van der Waals surface area contributed by atoms with Crippen molar-refractivity contribution < 1.29 is 42.6 Å². The Kier molecular flexibility index (Phi) is 8.81. The van der Waals surface area contributed by atoms with Gasteiger partial charge in [-0.3, -0.25) is 24.3 Å². The molecule has 1 aromatic heterocycles. The molecule has 248 valence electrons. The summed E-state index contributed by atoms with van der Waals surface area (Å²) in [5.74, 6) is -2.28. The van der Waals surface area contributed by atoms with E-state index < -0.39 is 52.6 Å². The summed E-state index contributed by atoms with van der Waals surface area (Å²) in [5, 5.41) is 37.0. The molecule has 1 unspecified atom stereocenters. The minimum Gasteiger partial charge on any atom is -0.494 e. The lowest BCUT2D eigenvalue weighted by Gasteiger charge is -2.27. The van der Waals surface area contributed by atoms with Gasteiger partial charge in [-0.25, -0.2) is 9.69 Å². The molecule has 3 heterocycles. The third kappa shape index (κ3) is 6.02. The summed E-state index contributed by atoms with van der Waals surface area (Å²) < 4.78 is 41.7. The molecule has 0 aliphatic carbocycles. The molecule has 5 rings (SSSR count). The van der Waals surface area contributed by atoms with Crippen molar-refractivity contribution in [2.75, 3.05) is 23.3 Å². The van der Waals surface area contributed by atoms with E-state index >= 15 is 0 Å². The number of rotatable bonds is 10. The molecule has 2 aliphatic heterocycles. The zero-order valence-corrected chi connectivity index (χ0v) is 25.6. The number of nitriles is 1. The number of anilines is 2. The van der Waals surface area contributed by atoms with Crippen LogP contribution in [-0.4, -0.2) is 62.1 Å². The van der Waals surface area contributed by atoms with Gasteiger partial charge in [-0.15, -0.1) is 0 Å². The fourth-order valence-electron chi connectivity index (χ4n) is 6.11. The van der Waals surface area contributed by atoms with Gasteiger partial charge in [0.2, 0.25) is 23.6 Å². The number of fused-ring (bicyclic) bond motifs is 1. The first kappa shape index (κ1) is 33.1. The summed E-state index contributed by atoms with van der Waals surface area (Å²) in [7, 11) is 0. The predicted molar refractivity (Wildman–Crippen MR) is 163 cm³/mol. The van der Waals surface area contributed by atoms with Crippen molar-refractivity contribution in [1.29, 1.82) is 5.26 Å². The van der Waals surface area contributed by atoms with Gasteiger partial charge in [0.25, 0.3) is 5.91 Å². The minimum atomic E-state index is -4.84. The molecule has 0 radical (unpaired) electrons. The van der Waals surface area contributed by atoms with Gasteiger partial charge in [-0.2, -0.15) is 18.4 Å². The van der Waals surface area contributed by atoms with Crippen LogP contribution < -0.4 is 15.5 Å². The number of alkyl halides is 3. The Bertz CT molecular complexity index is 1810. The normalized spacial score (nSPS) is 18.2. The van der Waals surface area contributed by atoms with Crippen LogP contribution in [0.3, 0.4) is 0 Å². The van der Waals surface area contributed by atoms with Crippen LogP contribution in [0.5, 0.6) is 11.8 Å². The number of carbonyl (C=O) groups is 4. The number of urea groups is 1. The van der Waals surface area contributed by atoms with Crippen molar-refractivity contribution in [3.05, 3.63) is 47.5 Å². The summed E-state index contributed by atoms with van der Waals surface area (Å²) in [6, 6.07) is 7.59. The smallest absolute Gasteiger partial charge is 0.417 e. The van der Waals surface area contributed by atoms with Gasteiger partial charge in [0, 0.05) is 30.6 Å². The molecule has 4 N–H and O–H groups in total. The van der Waals surface area contributed by atoms with Gasteiger partial charge in [-0.1, -0.05) is 18.9 Å². The van der Waals surface area contributed by atoms with Crippen LogP contribution >= 0.6 is 0 Å². The van der Waals surface area contributed by atoms with Crippen LogP contribution in [0.15, 0.2) is 36.4 Å². The molecule has 0 bridgehead atoms. The Labute approximate surface area is 267 Å². The first-order chi connectivity index (χ1) is 22.2. The number of hydrogen-bond acceptors (Lipinski definition) is 8. The van der Waals surface area contributed by atoms with Gasteiger partial charge in [0.05, 0.1) is 28.3 Å². The van der Waals surface area contributed by atoms with E-state index in [-0.39, 0.29) is 36.8 Å². The molecule has 5 amide bonds. The summed E-state index contributed by atoms with van der Waals surface area (Å²) in [5.41, 5.74) is -2.83. The molecule has 2 aromatic carbocycles. The van der Waals surface area contributed by atoms with Gasteiger partial charge in [0.15, 0.2) is 0 Å². The van der Waals surface area contributed by atoms with Gasteiger partial charge >= 0.3 is 12.2 Å². The highest BCUT2D eigenvalue weighted by molar-refractivity contribution is 6.23. The number of carbonyl (C=O) groups excluding carboxylic acids is 4. The maximum absolute atomic E-state index is 13.5. The van der Waals surface area contributed by atoms with Crippen LogP contribution in [0, 0.1) is 11.3 Å². The largest absolute Gasteiger partial charge is 0.494 e. The van der Waals surface area contributed by atoms with Crippen LogP contribution in [0.4, 0.5) is 29.3 Å². The summed E-state index contributed by atoms with van der Waals surface area (Å²) in [4.78, 5) is 52.4. The zero-order chi connectivity index (χ0) is 34.3. The average Bonchev–Trinajstić information content (AvgIpc) is 3.36.